The zero-order chi connectivity index (χ0) is 13.0. The molecule has 2 aromatic carbocycles. The van der Waals surface area contributed by atoms with E-state index >= 15 is 0 Å². The summed E-state index contributed by atoms with van der Waals surface area (Å²) >= 11 is 3.41. The summed E-state index contributed by atoms with van der Waals surface area (Å²) in [6.45, 7) is 0.00748. The number of aliphatic hydroxyl groups excluding tert-OH is 1. The molecule has 2 aromatic rings. The molecular formula is C14H13BrO3. The van der Waals surface area contributed by atoms with Crippen LogP contribution in [0.2, 0.25) is 0 Å². The average Bonchev–Trinajstić information content (AvgIpc) is 2.41. The minimum absolute atomic E-state index is 0.00748. The molecule has 0 amide bonds. The van der Waals surface area contributed by atoms with Crippen molar-refractivity contribution in [2.45, 2.75) is 6.61 Å². The largest absolute Gasteiger partial charge is 0.493 e. The van der Waals surface area contributed by atoms with Crippen LogP contribution in [-0.4, -0.2) is 12.2 Å². The first-order valence-corrected chi connectivity index (χ1v) is 6.24. The molecule has 0 aliphatic carbocycles. The van der Waals surface area contributed by atoms with E-state index in [9.17, 15) is 0 Å². The van der Waals surface area contributed by atoms with Gasteiger partial charge in [-0.15, -0.1) is 0 Å². The van der Waals surface area contributed by atoms with Gasteiger partial charge in [-0.25, -0.2) is 0 Å². The van der Waals surface area contributed by atoms with Crippen LogP contribution < -0.4 is 9.47 Å². The molecular weight excluding hydrogens is 296 g/mol. The van der Waals surface area contributed by atoms with Crippen LogP contribution in [0.3, 0.4) is 0 Å². The lowest BCUT2D eigenvalue weighted by Gasteiger charge is -2.11. The molecule has 0 fully saturated rings. The van der Waals surface area contributed by atoms with Gasteiger partial charge in [0, 0.05) is 0 Å². The minimum atomic E-state index is 0.00748. The monoisotopic (exact) mass is 308 g/mol. The quantitative estimate of drug-likeness (QED) is 0.935. The molecule has 0 heterocycles. The Morgan fingerprint density at radius 1 is 1.06 bits per heavy atom. The predicted octanol–water partition coefficient (Wildman–Crippen LogP) is 3.74. The Labute approximate surface area is 114 Å². The Morgan fingerprint density at radius 2 is 1.78 bits per heavy atom. The van der Waals surface area contributed by atoms with E-state index < -0.39 is 0 Å². The Balaban J connectivity index is 2.28. The van der Waals surface area contributed by atoms with Crippen LogP contribution in [0, 0.1) is 0 Å². The van der Waals surface area contributed by atoms with Gasteiger partial charge in [-0.1, -0.05) is 18.2 Å². The number of rotatable bonds is 4. The molecule has 18 heavy (non-hydrogen) atoms. The van der Waals surface area contributed by atoms with E-state index in [2.05, 4.69) is 15.9 Å². The number of hydrogen-bond acceptors (Lipinski definition) is 3. The Kier molecular flexibility index (Phi) is 4.23. The van der Waals surface area contributed by atoms with E-state index in [4.69, 9.17) is 14.6 Å². The molecule has 0 saturated carbocycles. The molecule has 0 unspecified atom stereocenters. The highest BCUT2D eigenvalue weighted by Gasteiger charge is 2.07. The topological polar surface area (TPSA) is 38.7 Å². The summed E-state index contributed by atoms with van der Waals surface area (Å²) in [6.07, 6.45) is 0. The fourth-order valence-electron chi connectivity index (χ4n) is 1.55. The second-order valence-corrected chi connectivity index (χ2v) is 4.53. The highest BCUT2D eigenvalue weighted by molar-refractivity contribution is 9.10. The minimum Gasteiger partial charge on any atom is -0.493 e. The van der Waals surface area contributed by atoms with Crippen molar-refractivity contribution in [2.24, 2.45) is 0 Å². The normalized spacial score (nSPS) is 10.2. The van der Waals surface area contributed by atoms with E-state index in [0.717, 1.165) is 10.0 Å². The van der Waals surface area contributed by atoms with Crippen molar-refractivity contribution in [3.05, 3.63) is 52.5 Å². The molecule has 4 heteroatoms. The summed E-state index contributed by atoms with van der Waals surface area (Å²) in [5, 5.41) is 9.04. The molecule has 0 radical (unpaired) electrons. The van der Waals surface area contributed by atoms with Crippen molar-refractivity contribution in [3.8, 4) is 17.2 Å². The number of para-hydroxylation sites is 2. The first kappa shape index (κ1) is 12.9. The third kappa shape index (κ3) is 2.83. The van der Waals surface area contributed by atoms with Crippen LogP contribution in [0.5, 0.6) is 17.2 Å². The molecule has 94 valence electrons. The lowest BCUT2D eigenvalue weighted by atomic mass is 10.2. The van der Waals surface area contributed by atoms with Gasteiger partial charge < -0.3 is 14.6 Å². The van der Waals surface area contributed by atoms with Crippen molar-refractivity contribution in [2.75, 3.05) is 7.11 Å². The standard InChI is InChI=1S/C14H13BrO3/c1-17-13-4-2-3-5-14(13)18-12-7-6-10(9-16)8-11(12)15/h2-8,16H,9H2,1H3. The third-order valence-electron chi connectivity index (χ3n) is 2.47. The van der Waals surface area contributed by atoms with Gasteiger partial charge in [0.1, 0.15) is 5.75 Å². The summed E-state index contributed by atoms with van der Waals surface area (Å²) < 4.78 is 11.8. The molecule has 3 nitrogen and oxygen atoms in total. The maximum Gasteiger partial charge on any atom is 0.169 e. The second-order valence-electron chi connectivity index (χ2n) is 3.68. The predicted molar refractivity (Wildman–Crippen MR) is 73.1 cm³/mol. The molecule has 0 saturated heterocycles. The van der Waals surface area contributed by atoms with E-state index in [1.54, 1.807) is 7.11 Å². The number of benzene rings is 2. The lowest BCUT2D eigenvalue weighted by Crippen LogP contribution is -1.91. The number of halogens is 1. The molecule has 2 rings (SSSR count). The van der Waals surface area contributed by atoms with Crippen molar-refractivity contribution in [1.29, 1.82) is 0 Å². The molecule has 0 aliphatic rings. The summed E-state index contributed by atoms with van der Waals surface area (Å²) in [5.41, 5.74) is 0.828. The van der Waals surface area contributed by atoms with Crippen LogP contribution in [-0.2, 0) is 6.61 Å². The van der Waals surface area contributed by atoms with Crippen LogP contribution in [0.4, 0.5) is 0 Å². The van der Waals surface area contributed by atoms with Gasteiger partial charge in [0.25, 0.3) is 0 Å². The van der Waals surface area contributed by atoms with Gasteiger partial charge in [-0.2, -0.15) is 0 Å². The molecule has 0 aromatic heterocycles. The SMILES string of the molecule is COc1ccccc1Oc1ccc(CO)cc1Br. The number of ether oxygens (including phenoxy) is 2. The number of methoxy groups -OCH3 is 1. The number of hydrogen-bond donors (Lipinski definition) is 1. The van der Waals surface area contributed by atoms with E-state index in [1.165, 1.54) is 0 Å². The van der Waals surface area contributed by atoms with Crippen LogP contribution in [0.15, 0.2) is 46.9 Å². The van der Waals surface area contributed by atoms with Crippen molar-refractivity contribution in [1.82, 2.24) is 0 Å². The summed E-state index contributed by atoms with van der Waals surface area (Å²) in [5.74, 6) is 2.00. The Bertz CT molecular complexity index is 540. The second kappa shape index (κ2) is 5.89. The van der Waals surface area contributed by atoms with Crippen molar-refractivity contribution >= 4 is 15.9 Å². The number of aliphatic hydroxyl groups is 1. The average molecular weight is 309 g/mol. The van der Waals surface area contributed by atoms with E-state index in [0.29, 0.717) is 17.2 Å². The van der Waals surface area contributed by atoms with Gasteiger partial charge in [0.05, 0.1) is 18.2 Å². The highest BCUT2D eigenvalue weighted by Crippen LogP contribution is 2.35. The van der Waals surface area contributed by atoms with Crippen molar-refractivity contribution < 1.29 is 14.6 Å². The summed E-state index contributed by atoms with van der Waals surface area (Å²) in [6, 6.07) is 12.9. The summed E-state index contributed by atoms with van der Waals surface area (Å²) in [4.78, 5) is 0. The smallest absolute Gasteiger partial charge is 0.169 e. The first-order valence-electron chi connectivity index (χ1n) is 5.44. The molecule has 0 spiro atoms. The Hall–Kier alpha value is -1.52. The first-order chi connectivity index (χ1) is 8.74. The molecule has 1 N–H and O–H groups in total. The van der Waals surface area contributed by atoms with Gasteiger partial charge >= 0.3 is 0 Å². The van der Waals surface area contributed by atoms with Gasteiger partial charge in [-0.3, -0.25) is 0 Å². The van der Waals surface area contributed by atoms with E-state index in [1.807, 2.05) is 42.5 Å². The molecule has 0 atom stereocenters. The van der Waals surface area contributed by atoms with Crippen LogP contribution in [0.25, 0.3) is 0 Å². The van der Waals surface area contributed by atoms with Crippen molar-refractivity contribution in [3.63, 3.8) is 0 Å². The molecule has 0 bridgehead atoms. The highest BCUT2D eigenvalue weighted by atomic mass is 79.9. The third-order valence-corrected chi connectivity index (χ3v) is 3.09. The molecule has 0 aliphatic heterocycles. The fraction of sp³-hybridized carbons (Fsp3) is 0.143. The fourth-order valence-corrected chi connectivity index (χ4v) is 2.05. The van der Waals surface area contributed by atoms with Crippen LogP contribution in [0.1, 0.15) is 5.56 Å². The zero-order valence-electron chi connectivity index (χ0n) is 9.89. The van der Waals surface area contributed by atoms with Gasteiger partial charge in [0.15, 0.2) is 11.5 Å². The summed E-state index contributed by atoms with van der Waals surface area (Å²) in [7, 11) is 1.60. The Morgan fingerprint density at radius 3 is 2.39 bits per heavy atom. The van der Waals surface area contributed by atoms with Gasteiger partial charge in [-0.05, 0) is 45.8 Å². The maximum absolute atomic E-state index is 9.04. The van der Waals surface area contributed by atoms with Gasteiger partial charge in [0.2, 0.25) is 0 Å². The lowest BCUT2D eigenvalue weighted by molar-refractivity contribution is 0.281. The zero-order valence-corrected chi connectivity index (χ0v) is 11.5. The van der Waals surface area contributed by atoms with E-state index in [-0.39, 0.29) is 6.61 Å². The van der Waals surface area contributed by atoms with Crippen LogP contribution >= 0.6 is 15.9 Å². The maximum atomic E-state index is 9.04.